The van der Waals surface area contributed by atoms with Crippen molar-refractivity contribution >= 4 is 29.9 Å². The van der Waals surface area contributed by atoms with Crippen LogP contribution in [0.2, 0.25) is 0 Å². The molecule has 6 aliphatic rings. The number of likely N-dealkylation sites (N-methyl/N-ethyl adjacent to an activating group) is 2. The van der Waals surface area contributed by atoms with E-state index in [1.54, 1.807) is 13.8 Å². The fraction of sp³-hybridized carbons (Fsp3) is 0.660. The van der Waals surface area contributed by atoms with E-state index in [2.05, 4.69) is 52.7 Å². The Balaban J connectivity index is 0.000000191. The summed E-state index contributed by atoms with van der Waals surface area (Å²) in [5.41, 5.74) is 5.91. The fourth-order valence-corrected chi connectivity index (χ4v) is 12.4. The smallest absolute Gasteiger partial charge is 0.426 e. The monoisotopic (exact) mass is 871 g/mol. The molecule has 0 aromatic heterocycles. The molecule has 2 aromatic carbocycles. The van der Waals surface area contributed by atoms with Crippen LogP contribution < -0.4 is 20.1 Å². The molecule has 2 aliphatic heterocycles. The number of nitrogens with zero attached hydrogens (tertiary/aromatic N) is 2. The highest BCUT2D eigenvalue weighted by Gasteiger charge is 2.54. The van der Waals surface area contributed by atoms with E-state index >= 15 is 0 Å². The van der Waals surface area contributed by atoms with Crippen LogP contribution in [0.15, 0.2) is 36.4 Å². The molecule has 2 saturated carbocycles. The first-order valence-corrected chi connectivity index (χ1v) is 23.5. The maximum Gasteiger partial charge on any atom is 0.516 e. The third-order valence-corrected chi connectivity index (χ3v) is 15.5. The number of fused-ring (bicyclic) bond motifs is 2. The molecule has 4 aliphatic carbocycles. The lowest BCUT2D eigenvalue weighted by molar-refractivity contribution is -0.157. The Morgan fingerprint density at radius 3 is 1.56 bits per heavy atom. The van der Waals surface area contributed by atoms with Gasteiger partial charge in [-0.1, -0.05) is 65.5 Å². The summed E-state index contributed by atoms with van der Waals surface area (Å²) in [4.78, 5) is 65.1. The first-order chi connectivity index (χ1) is 30.0. The summed E-state index contributed by atoms with van der Waals surface area (Å²) in [6, 6.07) is 11.9. The van der Waals surface area contributed by atoms with Gasteiger partial charge < -0.3 is 39.4 Å². The van der Waals surface area contributed by atoms with Crippen molar-refractivity contribution in [3.05, 3.63) is 58.7 Å². The Labute approximate surface area is 373 Å². The zero-order valence-electron chi connectivity index (χ0n) is 38.8. The topological polar surface area (TPSA) is 153 Å². The van der Waals surface area contributed by atoms with Crippen molar-refractivity contribution in [2.75, 3.05) is 34.0 Å². The van der Waals surface area contributed by atoms with Crippen LogP contribution in [0.4, 0.5) is 4.79 Å². The van der Waals surface area contributed by atoms with Crippen LogP contribution in [-0.2, 0) is 52.3 Å². The lowest BCUT2D eigenvalue weighted by Crippen LogP contribution is -2.59. The summed E-state index contributed by atoms with van der Waals surface area (Å²) >= 11 is 0. The van der Waals surface area contributed by atoms with Gasteiger partial charge in [0.2, 0.25) is 18.6 Å². The summed E-state index contributed by atoms with van der Waals surface area (Å²) in [6.45, 7) is 11.8. The number of rotatable bonds is 10. The highest BCUT2D eigenvalue weighted by atomic mass is 16.8. The molecule has 0 radical (unpaired) electrons. The van der Waals surface area contributed by atoms with E-state index in [1.807, 2.05) is 32.0 Å². The number of hydrogen-bond donors (Lipinski definition) is 2. The van der Waals surface area contributed by atoms with Crippen molar-refractivity contribution in [1.29, 1.82) is 0 Å². The number of esters is 2. The van der Waals surface area contributed by atoms with E-state index in [-0.39, 0.29) is 40.4 Å². The second kappa shape index (κ2) is 19.3. The van der Waals surface area contributed by atoms with Gasteiger partial charge in [0.1, 0.15) is 23.6 Å². The molecule has 2 heterocycles. The maximum absolute atomic E-state index is 12.8. The molecule has 8 rings (SSSR count). The highest BCUT2D eigenvalue weighted by molar-refractivity contribution is 5.85. The molecular formula is C50H70N4O9. The summed E-state index contributed by atoms with van der Waals surface area (Å²) in [7, 11) is 4.52. The number of piperidine rings is 2. The normalized spacial score (nSPS) is 28.0. The van der Waals surface area contributed by atoms with Gasteiger partial charge >= 0.3 is 18.1 Å². The Morgan fingerprint density at radius 2 is 1.10 bits per heavy atom. The van der Waals surface area contributed by atoms with Gasteiger partial charge in [-0.25, -0.2) is 14.4 Å². The Hall–Kier alpha value is -4.49. The van der Waals surface area contributed by atoms with Gasteiger partial charge in [0.25, 0.3) is 0 Å². The van der Waals surface area contributed by atoms with E-state index in [1.165, 1.54) is 93.9 Å². The molecule has 4 unspecified atom stereocenters. The molecule has 13 heteroatoms. The number of carbonyl (C=O) groups is 5. The van der Waals surface area contributed by atoms with E-state index in [9.17, 15) is 24.0 Å². The van der Waals surface area contributed by atoms with Crippen LogP contribution in [-0.4, -0.2) is 97.9 Å². The average molecular weight is 871 g/mol. The Bertz CT molecular complexity index is 2040. The SMILES string of the molecule is CC(=O)NC(C(=O)OCOC(=O)Oc1ccc2c(c1)[C@]13CCCC[C@@H]1C(C2)N(C)CC3)C(C)C.CC(=O)NC(C(=O)Oc1ccc2c(c1)[C@]13CCCC[C@@H]1C(C2)N(C)CC3)C(C)C. The average Bonchev–Trinajstić information content (AvgIpc) is 3.24. The number of amides is 2. The molecule has 2 N–H and O–H groups in total. The van der Waals surface area contributed by atoms with Gasteiger partial charge in [-0.15, -0.1) is 0 Å². The molecule has 344 valence electrons. The maximum atomic E-state index is 12.8. The Kier molecular flexibility index (Phi) is 14.3. The molecule has 0 spiro atoms. The van der Waals surface area contributed by atoms with Crippen LogP contribution in [0.5, 0.6) is 11.5 Å². The van der Waals surface area contributed by atoms with Crippen molar-refractivity contribution < 1.29 is 42.9 Å². The zero-order chi connectivity index (χ0) is 45.2. The van der Waals surface area contributed by atoms with Crippen LogP contribution in [0.25, 0.3) is 0 Å². The van der Waals surface area contributed by atoms with E-state index in [0.717, 1.165) is 32.4 Å². The minimum atomic E-state index is -0.928. The van der Waals surface area contributed by atoms with Gasteiger partial charge in [-0.3, -0.25) is 9.59 Å². The summed E-state index contributed by atoms with van der Waals surface area (Å²) in [5.74, 6) is 0.622. The van der Waals surface area contributed by atoms with Crippen molar-refractivity contribution in [2.24, 2.45) is 23.7 Å². The molecule has 63 heavy (non-hydrogen) atoms. The third kappa shape index (κ3) is 9.65. The van der Waals surface area contributed by atoms with E-state index < -0.39 is 31.0 Å². The van der Waals surface area contributed by atoms with E-state index in [0.29, 0.717) is 35.4 Å². The third-order valence-electron chi connectivity index (χ3n) is 15.5. The van der Waals surface area contributed by atoms with Crippen molar-refractivity contribution in [1.82, 2.24) is 20.4 Å². The quantitative estimate of drug-likeness (QED) is 0.110. The van der Waals surface area contributed by atoms with Crippen LogP contribution >= 0.6 is 0 Å². The predicted molar refractivity (Wildman–Crippen MR) is 238 cm³/mol. The first kappa shape index (κ1) is 46.5. The lowest BCUT2D eigenvalue weighted by atomic mass is 9.52. The second-order valence-electron chi connectivity index (χ2n) is 20.0. The molecular weight excluding hydrogens is 801 g/mol. The first-order valence-electron chi connectivity index (χ1n) is 23.5. The number of nitrogens with one attached hydrogen (secondary N) is 2. The minimum Gasteiger partial charge on any atom is -0.426 e. The number of benzene rings is 2. The van der Waals surface area contributed by atoms with Gasteiger partial charge in [0.15, 0.2) is 0 Å². The minimum absolute atomic E-state index is 0.0278. The molecule has 4 fully saturated rings. The molecule has 8 atom stereocenters. The Morgan fingerprint density at radius 1 is 0.635 bits per heavy atom. The van der Waals surface area contributed by atoms with Crippen LogP contribution in [0.3, 0.4) is 0 Å². The predicted octanol–water partition coefficient (Wildman–Crippen LogP) is 6.99. The standard InChI is InChI=1S/C26H36N2O6.C24H34N2O3/c1-16(2)23(27-17(3)29)24(30)32-15-33-25(31)34-19-9-8-18-13-22-20-7-5-6-10-26(20,21(18)14-19)11-12-28(22)4;1-15(2)22(25-16(3)27)23(28)29-18-9-8-17-13-21-19-7-5-6-10-24(19,20(17)14-18)11-12-26(21)4/h8-9,14,16,20,22-23H,5-7,10-13,15H2,1-4H3,(H,27,29);8-9,14-15,19,21-22H,5-7,10-13H2,1-4H3,(H,25,27)/t20-,22?,23?,26+;19-,21?,22?,24+/m11/s1. The molecule has 2 saturated heterocycles. The fourth-order valence-electron chi connectivity index (χ4n) is 12.4. The lowest BCUT2D eigenvalue weighted by Gasteiger charge is -2.58. The van der Waals surface area contributed by atoms with Crippen molar-refractivity contribution in [3.8, 4) is 11.5 Å². The van der Waals surface area contributed by atoms with Crippen molar-refractivity contribution in [2.45, 2.75) is 154 Å². The van der Waals surface area contributed by atoms with E-state index in [4.69, 9.17) is 18.9 Å². The van der Waals surface area contributed by atoms with Gasteiger partial charge in [0.05, 0.1) is 0 Å². The van der Waals surface area contributed by atoms with Crippen LogP contribution in [0, 0.1) is 23.7 Å². The summed E-state index contributed by atoms with van der Waals surface area (Å²) in [6.07, 6.45) is 13.6. The molecule has 4 bridgehead atoms. The molecule has 2 aromatic rings. The summed E-state index contributed by atoms with van der Waals surface area (Å²) in [5, 5.41) is 5.27. The molecule has 2 amide bonds. The number of hydrogen-bond acceptors (Lipinski definition) is 11. The van der Waals surface area contributed by atoms with Gasteiger partial charge in [-0.05, 0) is 149 Å². The summed E-state index contributed by atoms with van der Waals surface area (Å²) < 4.78 is 21.2. The van der Waals surface area contributed by atoms with Gasteiger partial charge in [0, 0.05) is 36.8 Å². The van der Waals surface area contributed by atoms with Crippen LogP contribution in [0.1, 0.15) is 128 Å². The van der Waals surface area contributed by atoms with Crippen molar-refractivity contribution in [3.63, 3.8) is 0 Å². The number of ether oxygens (including phenoxy) is 4. The largest absolute Gasteiger partial charge is 0.516 e. The zero-order valence-corrected chi connectivity index (χ0v) is 38.8. The molecule has 13 nitrogen and oxygen atoms in total. The second-order valence-corrected chi connectivity index (χ2v) is 20.0. The number of carbonyl (C=O) groups excluding carboxylic acids is 5. The van der Waals surface area contributed by atoms with Gasteiger partial charge in [-0.2, -0.15) is 0 Å². The number of likely N-dealkylation sites (tertiary alicyclic amines) is 2. The highest BCUT2D eigenvalue weighted by Crippen LogP contribution is 2.57.